The van der Waals surface area contributed by atoms with Crippen molar-refractivity contribution in [1.82, 2.24) is 10.6 Å². The first-order valence-electron chi connectivity index (χ1n) is 11.6. The van der Waals surface area contributed by atoms with E-state index in [9.17, 15) is 19.5 Å². The predicted octanol–water partition coefficient (Wildman–Crippen LogP) is 4.41. The Morgan fingerprint density at radius 2 is 1.62 bits per heavy atom. The van der Waals surface area contributed by atoms with Gasteiger partial charge in [0.2, 0.25) is 5.91 Å². The minimum absolute atomic E-state index is 0.00107. The predicted molar refractivity (Wildman–Crippen MR) is 134 cm³/mol. The fraction of sp³-hybridized carbons (Fsp3) is 0.423. The Morgan fingerprint density at radius 3 is 2.18 bits per heavy atom. The first-order valence-corrected chi connectivity index (χ1v) is 13.0. The number of benzene rings is 2. The Balaban J connectivity index is 1.57. The molecule has 3 rings (SSSR count). The van der Waals surface area contributed by atoms with Gasteiger partial charge in [-0.25, -0.2) is 9.59 Å². The molecule has 1 aliphatic carbocycles. The van der Waals surface area contributed by atoms with E-state index < -0.39 is 30.1 Å². The van der Waals surface area contributed by atoms with Crippen molar-refractivity contribution in [3.05, 3.63) is 59.7 Å². The van der Waals surface area contributed by atoms with Crippen molar-refractivity contribution in [2.75, 3.05) is 18.6 Å². The minimum Gasteiger partial charge on any atom is -0.480 e. The number of hydrogen-bond donors (Lipinski definition) is 3. The molecule has 182 valence electrons. The van der Waals surface area contributed by atoms with E-state index in [4.69, 9.17) is 4.74 Å². The second-order valence-corrected chi connectivity index (χ2v) is 9.39. The van der Waals surface area contributed by atoms with Gasteiger partial charge in [0.1, 0.15) is 12.6 Å². The van der Waals surface area contributed by atoms with Crippen LogP contribution in [0.4, 0.5) is 4.79 Å². The average Bonchev–Trinajstić information content (AvgIpc) is 3.14. The third kappa shape index (κ3) is 6.53. The van der Waals surface area contributed by atoms with E-state index in [0.717, 1.165) is 28.7 Å². The summed E-state index contributed by atoms with van der Waals surface area (Å²) in [4.78, 5) is 36.5. The highest BCUT2D eigenvalue weighted by atomic mass is 32.2. The average molecular weight is 485 g/mol. The fourth-order valence-corrected chi connectivity index (χ4v) is 4.82. The zero-order chi connectivity index (χ0) is 24.5. The number of fused-ring (bicyclic) bond motifs is 3. The number of ether oxygens (including phenoxy) is 1. The molecular formula is C26H32N2O5S. The van der Waals surface area contributed by atoms with Crippen LogP contribution in [0.25, 0.3) is 11.1 Å². The number of rotatable bonds is 12. The van der Waals surface area contributed by atoms with Crippen molar-refractivity contribution in [1.29, 1.82) is 0 Å². The molecular weight excluding hydrogens is 452 g/mol. The number of aliphatic carboxylic acids is 1. The van der Waals surface area contributed by atoms with E-state index in [1.807, 2.05) is 37.4 Å². The Morgan fingerprint density at radius 1 is 1.00 bits per heavy atom. The van der Waals surface area contributed by atoms with E-state index in [-0.39, 0.29) is 18.9 Å². The molecule has 34 heavy (non-hydrogen) atoms. The van der Waals surface area contributed by atoms with Gasteiger partial charge in [-0.3, -0.25) is 4.79 Å². The Bertz CT molecular complexity index is 967. The van der Waals surface area contributed by atoms with Crippen LogP contribution < -0.4 is 10.6 Å². The van der Waals surface area contributed by atoms with Crippen LogP contribution in [0.1, 0.15) is 49.7 Å². The lowest BCUT2D eigenvalue weighted by Gasteiger charge is -2.20. The fourth-order valence-electron chi connectivity index (χ4n) is 4.35. The second kappa shape index (κ2) is 12.5. The van der Waals surface area contributed by atoms with Crippen LogP contribution in [0.3, 0.4) is 0 Å². The number of nitrogens with one attached hydrogen (secondary N) is 2. The molecule has 2 amide bonds. The van der Waals surface area contributed by atoms with E-state index in [0.29, 0.717) is 18.6 Å². The molecule has 0 fully saturated rings. The molecule has 0 unspecified atom stereocenters. The van der Waals surface area contributed by atoms with Crippen molar-refractivity contribution in [2.45, 2.75) is 50.6 Å². The van der Waals surface area contributed by atoms with Crippen molar-refractivity contribution in [3.8, 4) is 11.1 Å². The Hall–Kier alpha value is -3.00. The molecule has 7 nitrogen and oxygen atoms in total. The standard InChI is InChI=1S/C26H32N2O5S/c1-3-8-17(15-24(29)28-23(25(30)31)13-14-34-2)27-26(32)33-16-22-20-11-6-4-9-18(20)19-10-5-7-12-21(19)22/h4-7,9-12,17,22-23H,3,8,13-16H2,1-2H3,(H,27,32)(H,28,29)(H,30,31)/t17-,23-/m0/s1. The Kier molecular flexibility index (Phi) is 9.39. The van der Waals surface area contributed by atoms with Gasteiger partial charge in [-0.15, -0.1) is 0 Å². The van der Waals surface area contributed by atoms with E-state index in [2.05, 4.69) is 34.9 Å². The van der Waals surface area contributed by atoms with Gasteiger partial charge in [0.25, 0.3) is 0 Å². The lowest BCUT2D eigenvalue weighted by atomic mass is 9.98. The number of alkyl carbamates (subject to hydrolysis) is 1. The lowest BCUT2D eigenvalue weighted by Crippen LogP contribution is -2.45. The normalized spacial score (nSPS) is 13.9. The molecule has 3 N–H and O–H groups in total. The molecule has 0 aliphatic heterocycles. The summed E-state index contributed by atoms with van der Waals surface area (Å²) in [6.45, 7) is 2.16. The van der Waals surface area contributed by atoms with Gasteiger partial charge in [0, 0.05) is 18.4 Å². The first kappa shape index (κ1) is 25.6. The quantitative estimate of drug-likeness (QED) is 0.412. The van der Waals surface area contributed by atoms with Crippen LogP contribution >= 0.6 is 11.8 Å². The van der Waals surface area contributed by atoms with Crippen molar-refractivity contribution in [3.63, 3.8) is 0 Å². The highest BCUT2D eigenvalue weighted by Crippen LogP contribution is 2.44. The number of carboxylic acid groups (broad SMARTS) is 1. The van der Waals surface area contributed by atoms with Crippen LogP contribution in [-0.4, -0.2) is 53.8 Å². The molecule has 0 saturated carbocycles. The molecule has 0 spiro atoms. The van der Waals surface area contributed by atoms with Gasteiger partial charge in [0.15, 0.2) is 0 Å². The molecule has 0 bridgehead atoms. The van der Waals surface area contributed by atoms with Crippen LogP contribution in [0.15, 0.2) is 48.5 Å². The summed E-state index contributed by atoms with van der Waals surface area (Å²) >= 11 is 1.52. The zero-order valence-electron chi connectivity index (χ0n) is 19.6. The van der Waals surface area contributed by atoms with Gasteiger partial charge in [-0.05, 0) is 47.1 Å². The summed E-state index contributed by atoms with van der Waals surface area (Å²) in [6.07, 6.45) is 3.00. The molecule has 2 atom stereocenters. The van der Waals surface area contributed by atoms with Crippen LogP contribution in [0, 0.1) is 0 Å². The second-order valence-electron chi connectivity index (χ2n) is 8.40. The van der Waals surface area contributed by atoms with Gasteiger partial charge in [-0.1, -0.05) is 61.9 Å². The van der Waals surface area contributed by atoms with Crippen LogP contribution in [-0.2, 0) is 14.3 Å². The highest BCUT2D eigenvalue weighted by Gasteiger charge is 2.29. The maximum absolute atomic E-state index is 12.6. The van der Waals surface area contributed by atoms with Crippen LogP contribution in [0.2, 0.25) is 0 Å². The summed E-state index contributed by atoms with van der Waals surface area (Å²) < 4.78 is 5.59. The zero-order valence-corrected chi connectivity index (χ0v) is 20.4. The minimum atomic E-state index is -1.06. The molecule has 2 aromatic carbocycles. The van der Waals surface area contributed by atoms with Gasteiger partial charge in [-0.2, -0.15) is 11.8 Å². The van der Waals surface area contributed by atoms with Crippen molar-refractivity contribution in [2.24, 2.45) is 0 Å². The van der Waals surface area contributed by atoms with Crippen LogP contribution in [0.5, 0.6) is 0 Å². The van der Waals surface area contributed by atoms with Gasteiger partial charge in [0.05, 0.1) is 0 Å². The lowest BCUT2D eigenvalue weighted by molar-refractivity contribution is -0.141. The number of carbonyl (C=O) groups excluding carboxylic acids is 2. The first-order chi connectivity index (χ1) is 16.4. The van der Waals surface area contributed by atoms with E-state index in [1.165, 1.54) is 11.8 Å². The summed E-state index contributed by atoms with van der Waals surface area (Å²) in [6, 6.07) is 14.9. The van der Waals surface area contributed by atoms with Crippen molar-refractivity contribution < 1.29 is 24.2 Å². The monoisotopic (exact) mass is 484 g/mol. The third-order valence-electron chi connectivity index (χ3n) is 5.98. The van der Waals surface area contributed by atoms with Gasteiger partial charge >= 0.3 is 12.1 Å². The van der Waals surface area contributed by atoms with Crippen molar-refractivity contribution >= 4 is 29.7 Å². The third-order valence-corrected chi connectivity index (χ3v) is 6.62. The molecule has 1 aliphatic rings. The molecule has 0 aromatic heterocycles. The SMILES string of the molecule is CCC[C@@H](CC(=O)N[C@@H](CCSC)C(=O)O)NC(=O)OCC1c2ccccc2-c2ccccc21. The Labute approximate surface area is 204 Å². The summed E-state index contributed by atoms with van der Waals surface area (Å²) in [5.41, 5.74) is 4.57. The molecule has 2 aromatic rings. The van der Waals surface area contributed by atoms with Gasteiger partial charge < -0.3 is 20.5 Å². The topological polar surface area (TPSA) is 105 Å². The largest absolute Gasteiger partial charge is 0.480 e. The summed E-state index contributed by atoms with van der Waals surface area (Å²) in [5.74, 6) is -0.864. The number of carbonyl (C=O) groups is 3. The molecule has 0 saturated heterocycles. The number of hydrogen-bond acceptors (Lipinski definition) is 5. The molecule has 0 radical (unpaired) electrons. The smallest absolute Gasteiger partial charge is 0.407 e. The maximum atomic E-state index is 12.6. The molecule has 8 heteroatoms. The van der Waals surface area contributed by atoms with E-state index in [1.54, 1.807) is 0 Å². The summed E-state index contributed by atoms with van der Waals surface area (Å²) in [5, 5.41) is 14.7. The number of thioether (sulfide) groups is 1. The highest BCUT2D eigenvalue weighted by molar-refractivity contribution is 7.98. The molecule has 0 heterocycles. The van der Waals surface area contributed by atoms with E-state index >= 15 is 0 Å². The number of carboxylic acids is 1. The summed E-state index contributed by atoms with van der Waals surface area (Å²) in [7, 11) is 0. The maximum Gasteiger partial charge on any atom is 0.407 e. The number of amides is 2.